The van der Waals surface area contributed by atoms with E-state index >= 15 is 0 Å². The van der Waals surface area contributed by atoms with Crippen LogP contribution in [0.2, 0.25) is 36.3 Å². The molecule has 1 heterocycles. The molecule has 5 heteroatoms. The Hall–Kier alpha value is -1.25. The molecule has 0 spiro atoms. The largest absolute Gasteiger partial charge is 0.412 e. The van der Waals surface area contributed by atoms with Crippen LogP contribution in [0, 0.1) is 0 Å². The quantitative estimate of drug-likeness (QED) is 0.341. The van der Waals surface area contributed by atoms with Crippen molar-refractivity contribution in [2.75, 3.05) is 6.54 Å². The van der Waals surface area contributed by atoms with Gasteiger partial charge in [-0.15, -0.1) is 0 Å². The fourth-order valence-electron chi connectivity index (χ4n) is 6.41. The molecule has 34 heavy (non-hydrogen) atoms. The van der Waals surface area contributed by atoms with Gasteiger partial charge in [0, 0.05) is 12.6 Å². The lowest BCUT2D eigenvalue weighted by Gasteiger charge is -2.45. The van der Waals surface area contributed by atoms with Crippen LogP contribution in [0.5, 0.6) is 0 Å². The van der Waals surface area contributed by atoms with Gasteiger partial charge in [0.2, 0.25) is 8.32 Å². The van der Waals surface area contributed by atoms with E-state index in [9.17, 15) is 0 Å². The van der Waals surface area contributed by atoms with Gasteiger partial charge in [-0.05, 0) is 53.8 Å². The van der Waals surface area contributed by atoms with Gasteiger partial charge < -0.3 is 14.2 Å². The van der Waals surface area contributed by atoms with Gasteiger partial charge in [0.15, 0.2) is 8.32 Å². The molecule has 0 unspecified atom stereocenters. The summed E-state index contributed by atoms with van der Waals surface area (Å²) in [7, 11) is -3.88. The van der Waals surface area contributed by atoms with Crippen LogP contribution in [-0.2, 0) is 14.5 Å². The van der Waals surface area contributed by atoms with Gasteiger partial charge in [-0.1, -0.05) is 102 Å². The third-order valence-corrected chi connectivity index (χ3v) is 14.6. The second-order valence-corrected chi connectivity index (χ2v) is 21.8. The average Bonchev–Trinajstić information content (AvgIpc) is 3.24. The number of hydrogen-bond donors (Lipinski definition) is 1. The summed E-state index contributed by atoms with van der Waals surface area (Å²) in [5.41, 5.74) is 3.65. The Kier molecular flexibility index (Phi) is 8.68. The van der Waals surface area contributed by atoms with Crippen LogP contribution in [0.15, 0.2) is 60.7 Å². The van der Waals surface area contributed by atoms with E-state index in [-0.39, 0.29) is 12.1 Å². The number of benzene rings is 2. The number of nitrogens with one attached hydrogen (secondary N) is 1. The van der Waals surface area contributed by atoms with Crippen LogP contribution in [0.4, 0.5) is 0 Å². The molecule has 1 fully saturated rings. The van der Waals surface area contributed by atoms with Gasteiger partial charge >= 0.3 is 0 Å². The topological polar surface area (TPSA) is 30.5 Å². The molecule has 1 aliphatic rings. The molecule has 2 atom stereocenters. The lowest BCUT2D eigenvalue weighted by Crippen LogP contribution is -2.53. The van der Waals surface area contributed by atoms with Gasteiger partial charge in [0.05, 0.1) is 6.10 Å². The molecule has 0 saturated carbocycles. The van der Waals surface area contributed by atoms with Gasteiger partial charge in [-0.25, -0.2) is 0 Å². The summed E-state index contributed by atoms with van der Waals surface area (Å²) in [6.45, 7) is 22.0. The van der Waals surface area contributed by atoms with E-state index < -0.39 is 22.2 Å². The van der Waals surface area contributed by atoms with E-state index in [1.54, 1.807) is 0 Å². The molecule has 0 aromatic heterocycles. The average molecular weight is 498 g/mol. The predicted molar refractivity (Wildman–Crippen MR) is 150 cm³/mol. The third-order valence-electron chi connectivity index (χ3n) is 7.53. The SMILES string of the molecule is CC(C)[Si](O[C@H]1CN[C@H](C(O[Si](C)(C)C)(c2ccccc2)c2ccccc2)C1)(C(C)C)C(C)C. The summed E-state index contributed by atoms with van der Waals surface area (Å²) in [5.74, 6) is 0. The molecule has 1 saturated heterocycles. The Morgan fingerprint density at radius 3 is 1.59 bits per heavy atom. The highest BCUT2D eigenvalue weighted by Gasteiger charge is 2.52. The van der Waals surface area contributed by atoms with E-state index in [0.29, 0.717) is 16.6 Å². The maximum atomic E-state index is 7.24. The zero-order valence-corrected chi connectivity index (χ0v) is 24.9. The lowest BCUT2D eigenvalue weighted by atomic mass is 9.79. The van der Waals surface area contributed by atoms with E-state index in [2.05, 4.69) is 127 Å². The van der Waals surface area contributed by atoms with Crippen LogP contribution in [0.1, 0.15) is 59.1 Å². The van der Waals surface area contributed by atoms with Crippen molar-refractivity contribution in [1.29, 1.82) is 0 Å². The molecule has 0 bridgehead atoms. The number of rotatable bonds is 10. The first-order chi connectivity index (χ1) is 15.9. The van der Waals surface area contributed by atoms with E-state index in [0.717, 1.165) is 13.0 Å². The molecule has 1 aliphatic heterocycles. The molecule has 3 nitrogen and oxygen atoms in total. The maximum Gasteiger partial charge on any atom is 0.200 e. The van der Waals surface area contributed by atoms with Gasteiger partial charge in [-0.2, -0.15) is 0 Å². The highest BCUT2D eigenvalue weighted by Crippen LogP contribution is 2.46. The monoisotopic (exact) mass is 497 g/mol. The maximum absolute atomic E-state index is 7.24. The standard InChI is InChI=1S/C29H47NO2Si2/c1-22(2)34(23(3)4,24(5)6)31-27-20-28(30-21-27)29(32-33(7,8)9,25-16-12-10-13-17-25)26-18-14-11-15-19-26/h10-19,22-24,27-28,30H,20-21H2,1-9H3/t27-,28+/m1/s1. The van der Waals surface area contributed by atoms with Crippen molar-refractivity contribution in [3.05, 3.63) is 71.8 Å². The molecule has 0 aliphatic carbocycles. The van der Waals surface area contributed by atoms with E-state index in [4.69, 9.17) is 8.85 Å². The molecule has 0 radical (unpaired) electrons. The van der Waals surface area contributed by atoms with Crippen molar-refractivity contribution in [3.8, 4) is 0 Å². The molecule has 1 N–H and O–H groups in total. The van der Waals surface area contributed by atoms with Crippen molar-refractivity contribution in [3.63, 3.8) is 0 Å². The highest BCUT2D eigenvalue weighted by molar-refractivity contribution is 6.77. The van der Waals surface area contributed by atoms with Crippen molar-refractivity contribution in [2.45, 2.75) is 102 Å². The van der Waals surface area contributed by atoms with Gasteiger partial charge in [-0.3, -0.25) is 0 Å². The van der Waals surface area contributed by atoms with E-state index in [1.807, 2.05) is 0 Å². The summed E-state index contributed by atoms with van der Waals surface area (Å²) in [5, 5.41) is 3.90. The van der Waals surface area contributed by atoms with Crippen molar-refractivity contribution >= 4 is 16.6 Å². The predicted octanol–water partition coefficient (Wildman–Crippen LogP) is 7.70. The minimum absolute atomic E-state index is 0.146. The minimum Gasteiger partial charge on any atom is -0.412 e. The van der Waals surface area contributed by atoms with Crippen molar-refractivity contribution in [1.82, 2.24) is 5.32 Å². The number of hydrogen-bond acceptors (Lipinski definition) is 3. The molecule has 2 aromatic carbocycles. The van der Waals surface area contributed by atoms with Crippen LogP contribution in [-0.4, -0.2) is 35.3 Å². The Labute approximate surface area is 210 Å². The molecule has 3 rings (SSSR count). The smallest absolute Gasteiger partial charge is 0.200 e. The van der Waals surface area contributed by atoms with Crippen LogP contribution in [0.25, 0.3) is 0 Å². The summed E-state index contributed by atoms with van der Waals surface area (Å²) in [6, 6.07) is 21.8. The molecule has 188 valence electrons. The highest BCUT2D eigenvalue weighted by atomic mass is 28.4. The first-order valence-electron chi connectivity index (χ1n) is 13.2. The summed E-state index contributed by atoms with van der Waals surface area (Å²) in [4.78, 5) is 0. The lowest BCUT2D eigenvalue weighted by molar-refractivity contribution is 0.0587. The fourth-order valence-corrected chi connectivity index (χ4v) is 13.3. The third kappa shape index (κ3) is 5.44. The minimum atomic E-state index is -1.96. The normalized spacial score (nSPS) is 20.0. The Morgan fingerprint density at radius 1 is 0.765 bits per heavy atom. The first-order valence-corrected chi connectivity index (χ1v) is 18.7. The molecular formula is C29H47NO2Si2. The Morgan fingerprint density at radius 2 is 1.21 bits per heavy atom. The molecule has 2 aromatic rings. The van der Waals surface area contributed by atoms with Gasteiger partial charge in [0.25, 0.3) is 0 Å². The van der Waals surface area contributed by atoms with Crippen molar-refractivity contribution in [2.24, 2.45) is 0 Å². The zero-order valence-electron chi connectivity index (χ0n) is 22.9. The molecule has 0 amide bonds. The van der Waals surface area contributed by atoms with Crippen molar-refractivity contribution < 1.29 is 8.85 Å². The second-order valence-electron chi connectivity index (χ2n) is 11.9. The Balaban J connectivity index is 2.05. The Bertz CT molecular complexity index is 832. The second kappa shape index (κ2) is 10.8. The van der Waals surface area contributed by atoms with Crippen LogP contribution < -0.4 is 5.32 Å². The van der Waals surface area contributed by atoms with E-state index in [1.165, 1.54) is 11.1 Å². The van der Waals surface area contributed by atoms with Crippen LogP contribution in [0.3, 0.4) is 0 Å². The first kappa shape index (κ1) is 27.3. The fraction of sp³-hybridized carbons (Fsp3) is 0.586. The summed E-state index contributed by atoms with van der Waals surface area (Å²) in [6.07, 6.45) is 1.16. The molecular weight excluding hydrogens is 450 g/mol. The van der Waals surface area contributed by atoms with Crippen LogP contribution >= 0.6 is 0 Å². The summed E-state index contributed by atoms with van der Waals surface area (Å²) >= 11 is 0. The van der Waals surface area contributed by atoms with Gasteiger partial charge in [0.1, 0.15) is 5.60 Å². The summed E-state index contributed by atoms with van der Waals surface area (Å²) < 4.78 is 14.5. The zero-order chi connectivity index (χ0) is 25.1.